The number of nitrogens with one attached hydrogen (secondary N) is 1. The molecule has 0 fully saturated rings. The first-order valence-corrected chi connectivity index (χ1v) is 12.0. The van der Waals surface area contributed by atoms with E-state index in [1.54, 1.807) is 24.5 Å². The summed E-state index contributed by atoms with van der Waals surface area (Å²) < 4.78 is 25.5. The van der Waals surface area contributed by atoms with Gasteiger partial charge in [-0.15, -0.1) is 0 Å². The molecule has 0 bridgehead atoms. The van der Waals surface area contributed by atoms with Gasteiger partial charge in [0.15, 0.2) is 6.10 Å². The highest BCUT2D eigenvalue weighted by Gasteiger charge is 2.34. The van der Waals surface area contributed by atoms with E-state index in [1.807, 2.05) is 49.9 Å². The van der Waals surface area contributed by atoms with E-state index in [9.17, 15) is 14.0 Å². The zero-order valence-corrected chi connectivity index (χ0v) is 20.3. The molecule has 0 radical (unpaired) electrons. The van der Waals surface area contributed by atoms with Gasteiger partial charge in [-0.25, -0.2) is 4.39 Å². The lowest BCUT2D eigenvalue weighted by Crippen LogP contribution is -2.42. The van der Waals surface area contributed by atoms with Crippen molar-refractivity contribution in [3.05, 3.63) is 89.1 Å². The summed E-state index contributed by atoms with van der Waals surface area (Å²) in [6.07, 6.45) is 2.05. The van der Waals surface area contributed by atoms with Crippen LogP contribution in [-0.4, -0.2) is 29.4 Å². The Labute approximate surface area is 205 Å². The van der Waals surface area contributed by atoms with Crippen molar-refractivity contribution >= 4 is 11.8 Å². The molecule has 6 nitrogen and oxygen atoms in total. The van der Waals surface area contributed by atoms with Gasteiger partial charge in [0.05, 0.1) is 18.8 Å². The van der Waals surface area contributed by atoms with Crippen LogP contribution in [0.1, 0.15) is 55.7 Å². The standard InChI is InChI=1S/C28H31FN2O4/c1-4-25(27(32)30-17-23-9-6-14-34-23)35-22-11-10-19-12-13-31(28(33)18(2)3)26(24(19)16-22)20-7-5-8-21(29)15-20/h5-11,14-16,18,25-26H,4,12-13,17H2,1-3H3,(H,30,32). The molecule has 35 heavy (non-hydrogen) atoms. The molecular weight excluding hydrogens is 447 g/mol. The predicted molar refractivity (Wildman–Crippen MR) is 130 cm³/mol. The summed E-state index contributed by atoms with van der Waals surface area (Å²) in [7, 11) is 0. The van der Waals surface area contributed by atoms with Gasteiger partial charge in [-0.1, -0.05) is 39.0 Å². The van der Waals surface area contributed by atoms with E-state index in [0.29, 0.717) is 36.5 Å². The number of carbonyl (C=O) groups excluding carboxylic acids is 2. The largest absolute Gasteiger partial charge is 0.481 e. The van der Waals surface area contributed by atoms with E-state index in [1.165, 1.54) is 12.1 Å². The second-order valence-corrected chi connectivity index (χ2v) is 9.07. The molecule has 2 unspecified atom stereocenters. The first kappa shape index (κ1) is 24.5. The molecule has 0 saturated carbocycles. The van der Waals surface area contributed by atoms with Crippen LogP contribution in [0.5, 0.6) is 5.75 Å². The number of fused-ring (bicyclic) bond motifs is 1. The molecule has 2 amide bonds. The number of halogens is 1. The van der Waals surface area contributed by atoms with Crippen molar-refractivity contribution in [3.63, 3.8) is 0 Å². The van der Waals surface area contributed by atoms with E-state index in [2.05, 4.69) is 5.32 Å². The summed E-state index contributed by atoms with van der Waals surface area (Å²) in [5.74, 6) is 0.436. The van der Waals surface area contributed by atoms with E-state index < -0.39 is 12.1 Å². The average molecular weight is 479 g/mol. The fraction of sp³-hybridized carbons (Fsp3) is 0.357. The molecule has 0 aliphatic carbocycles. The van der Waals surface area contributed by atoms with Gasteiger partial charge >= 0.3 is 0 Å². The molecule has 0 saturated heterocycles. The molecule has 3 aromatic rings. The maximum Gasteiger partial charge on any atom is 0.261 e. The smallest absolute Gasteiger partial charge is 0.261 e. The third-order valence-electron chi connectivity index (χ3n) is 6.25. The van der Waals surface area contributed by atoms with Crippen molar-refractivity contribution in [2.75, 3.05) is 6.54 Å². The van der Waals surface area contributed by atoms with Gasteiger partial charge in [-0.05, 0) is 65.9 Å². The lowest BCUT2D eigenvalue weighted by atomic mass is 9.87. The monoisotopic (exact) mass is 478 g/mol. The Kier molecular flexibility index (Phi) is 7.54. The molecule has 1 aliphatic rings. The maximum atomic E-state index is 14.2. The Balaban J connectivity index is 1.61. The van der Waals surface area contributed by atoms with Crippen molar-refractivity contribution in [1.82, 2.24) is 10.2 Å². The van der Waals surface area contributed by atoms with Gasteiger partial charge in [0, 0.05) is 12.5 Å². The SMILES string of the molecule is CCC(Oc1ccc2c(c1)C(c1cccc(F)c1)N(C(=O)C(C)C)CC2)C(=O)NCc1ccco1. The highest BCUT2D eigenvalue weighted by atomic mass is 19.1. The minimum Gasteiger partial charge on any atom is -0.481 e. The fourth-order valence-electron chi connectivity index (χ4n) is 4.46. The number of furan rings is 1. The molecule has 0 spiro atoms. The number of nitrogens with zero attached hydrogens (tertiary/aromatic N) is 1. The van der Waals surface area contributed by atoms with Crippen LogP contribution in [0.3, 0.4) is 0 Å². The third-order valence-corrected chi connectivity index (χ3v) is 6.25. The van der Waals surface area contributed by atoms with Crippen molar-refractivity contribution in [3.8, 4) is 5.75 Å². The molecule has 2 atom stereocenters. The van der Waals surface area contributed by atoms with Crippen LogP contribution in [0.15, 0.2) is 65.3 Å². The van der Waals surface area contributed by atoms with E-state index in [0.717, 1.165) is 11.1 Å². The van der Waals surface area contributed by atoms with Gasteiger partial charge in [-0.3, -0.25) is 9.59 Å². The van der Waals surface area contributed by atoms with E-state index in [4.69, 9.17) is 9.15 Å². The molecule has 184 valence electrons. The normalized spacial score (nSPS) is 16.0. The lowest BCUT2D eigenvalue weighted by molar-refractivity contribution is -0.136. The Hall–Kier alpha value is -3.61. The second-order valence-electron chi connectivity index (χ2n) is 9.07. The van der Waals surface area contributed by atoms with Crippen LogP contribution in [0.25, 0.3) is 0 Å². The Morgan fingerprint density at radius 1 is 1.17 bits per heavy atom. The van der Waals surface area contributed by atoms with Gasteiger partial charge in [0.25, 0.3) is 5.91 Å². The number of benzene rings is 2. The van der Waals surface area contributed by atoms with Crippen LogP contribution in [0.2, 0.25) is 0 Å². The van der Waals surface area contributed by atoms with Crippen molar-refractivity contribution in [1.29, 1.82) is 0 Å². The first-order chi connectivity index (χ1) is 16.9. The molecule has 1 aromatic heterocycles. The van der Waals surface area contributed by atoms with E-state index >= 15 is 0 Å². The van der Waals surface area contributed by atoms with Gasteiger partial charge in [-0.2, -0.15) is 0 Å². The first-order valence-electron chi connectivity index (χ1n) is 12.0. The van der Waals surface area contributed by atoms with Gasteiger partial charge < -0.3 is 19.4 Å². The molecule has 1 aliphatic heterocycles. The number of carbonyl (C=O) groups is 2. The molecule has 7 heteroatoms. The van der Waals surface area contributed by atoms with Crippen LogP contribution >= 0.6 is 0 Å². The summed E-state index contributed by atoms with van der Waals surface area (Å²) in [6.45, 7) is 6.45. The lowest BCUT2D eigenvalue weighted by Gasteiger charge is -2.39. The third kappa shape index (κ3) is 5.56. The predicted octanol–water partition coefficient (Wildman–Crippen LogP) is 5.02. The number of ether oxygens (including phenoxy) is 1. The quantitative estimate of drug-likeness (QED) is 0.493. The minimum atomic E-state index is -0.687. The minimum absolute atomic E-state index is 0.0139. The molecule has 1 N–H and O–H groups in total. The topological polar surface area (TPSA) is 71.8 Å². The van der Waals surface area contributed by atoms with Gasteiger partial charge in [0.1, 0.15) is 17.3 Å². The fourth-order valence-corrected chi connectivity index (χ4v) is 4.46. The van der Waals surface area contributed by atoms with Crippen LogP contribution < -0.4 is 10.1 Å². The molecule has 4 rings (SSSR count). The number of rotatable bonds is 8. The maximum absolute atomic E-state index is 14.2. The summed E-state index contributed by atoms with van der Waals surface area (Å²) in [5.41, 5.74) is 2.68. The summed E-state index contributed by atoms with van der Waals surface area (Å²) in [4.78, 5) is 27.6. The summed E-state index contributed by atoms with van der Waals surface area (Å²) >= 11 is 0. The molecule has 2 aromatic carbocycles. The number of hydrogen-bond acceptors (Lipinski definition) is 4. The van der Waals surface area contributed by atoms with Crippen molar-refractivity contribution in [2.24, 2.45) is 5.92 Å². The summed E-state index contributed by atoms with van der Waals surface area (Å²) in [5, 5.41) is 2.84. The van der Waals surface area contributed by atoms with Crippen LogP contribution in [-0.2, 0) is 22.6 Å². The Morgan fingerprint density at radius 3 is 2.69 bits per heavy atom. The van der Waals surface area contributed by atoms with Crippen molar-refractivity contribution in [2.45, 2.75) is 52.3 Å². The Morgan fingerprint density at radius 2 is 2.00 bits per heavy atom. The average Bonchev–Trinajstić information content (AvgIpc) is 3.38. The van der Waals surface area contributed by atoms with Crippen LogP contribution in [0, 0.1) is 11.7 Å². The number of hydrogen-bond donors (Lipinski definition) is 1. The highest BCUT2D eigenvalue weighted by Crippen LogP contribution is 2.38. The zero-order valence-electron chi connectivity index (χ0n) is 20.3. The number of amides is 2. The Bertz CT molecular complexity index is 1180. The molecule has 2 heterocycles. The second kappa shape index (κ2) is 10.8. The highest BCUT2D eigenvalue weighted by molar-refractivity contribution is 5.81. The zero-order chi connectivity index (χ0) is 24.9. The van der Waals surface area contributed by atoms with E-state index in [-0.39, 0.29) is 30.1 Å². The van der Waals surface area contributed by atoms with Gasteiger partial charge in [0.2, 0.25) is 5.91 Å². The summed E-state index contributed by atoms with van der Waals surface area (Å²) in [6, 6.07) is 15.2. The molecular formula is C28H31FN2O4. The van der Waals surface area contributed by atoms with Crippen LogP contribution in [0.4, 0.5) is 4.39 Å². The van der Waals surface area contributed by atoms with Crippen molar-refractivity contribution < 1.29 is 23.1 Å².